The Morgan fingerprint density at radius 1 is 1.22 bits per heavy atom. The average Bonchev–Trinajstić information content (AvgIpc) is 3.33. The largest absolute Gasteiger partial charge is 0.495 e. The Kier molecular flexibility index (Phi) is 4.12. The quantitative estimate of drug-likeness (QED) is 0.849. The van der Waals surface area contributed by atoms with Crippen molar-refractivity contribution in [2.24, 2.45) is 0 Å². The molecule has 2 N–H and O–H groups in total. The molecule has 1 fully saturated rings. The Morgan fingerprint density at radius 2 is 2.00 bits per heavy atom. The van der Waals surface area contributed by atoms with E-state index in [2.05, 4.69) is 15.0 Å². The number of nitrogens with one attached hydrogen (secondary N) is 2. The lowest BCUT2D eigenvalue weighted by Gasteiger charge is -2.12. The number of rotatable bonds is 6. The Morgan fingerprint density at radius 3 is 2.61 bits per heavy atom. The van der Waals surface area contributed by atoms with Gasteiger partial charge < -0.3 is 10.1 Å². The summed E-state index contributed by atoms with van der Waals surface area (Å²) >= 11 is 0. The van der Waals surface area contributed by atoms with Gasteiger partial charge in [-0.3, -0.25) is 4.72 Å². The molecular weight excluding hydrogens is 314 g/mol. The van der Waals surface area contributed by atoms with Crippen molar-refractivity contribution < 1.29 is 13.2 Å². The van der Waals surface area contributed by atoms with Crippen molar-refractivity contribution in [1.82, 2.24) is 4.98 Å². The van der Waals surface area contributed by atoms with Crippen molar-refractivity contribution >= 4 is 21.5 Å². The van der Waals surface area contributed by atoms with E-state index >= 15 is 0 Å². The molecule has 1 aromatic heterocycles. The zero-order chi connectivity index (χ0) is 16.4. The van der Waals surface area contributed by atoms with Crippen LogP contribution in [-0.2, 0) is 10.0 Å². The van der Waals surface area contributed by atoms with E-state index in [0.29, 0.717) is 11.8 Å². The number of anilines is 2. The first kappa shape index (κ1) is 15.6. The fraction of sp³-hybridized carbons (Fsp3) is 0.312. The summed E-state index contributed by atoms with van der Waals surface area (Å²) in [7, 11) is -2.32. The van der Waals surface area contributed by atoms with E-state index in [1.807, 2.05) is 13.0 Å². The van der Waals surface area contributed by atoms with Crippen molar-refractivity contribution in [3.8, 4) is 5.75 Å². The summed E-state index contributed by atoms with van der Waals surface area (Å²) in [4.78, 5) is 4.25. The monoisotopic (exact) mass is 333 g/mol. The van der Waals surface area contributed by atoms with E-state index in [1.54, 1.807) is 30.5 Å². The lowest BCUT2D eigenvalue weighted by molar-refractivity contribution is 0.402. The Bertz CT molecular complexity index is 800. The van der Waals surface area contributed by atoms with E-state index in [-0.39, 0.29) is 10.7 Å². The summed E-state index contributed by atoms with van der Waals surface area (Å²) < 4.78 is 32.7. The lowest BCUT2D eigenvalue weighted by Crippen LogP contribution is -2.15. The number of pyridine rings is 1. The Balaban J connectivity index is 1.81. The summed E-state index contributed by atoms with van der Waals surface area (Å²) in [5, 5.41) is 3.30. The molecule has 0 radical (unpaired) electrons. The predicted octanol–water partition coefficient (Wildman–Crippen LogP) is 2.77. The van der Waals surface area contributed by atoms with Gasteiger partial charge in [-0.15, -0.1) is 0 Å². The minimum atomic E-state index is -3.76. The number of ether oxygens (including phenoxy) is 1. The SMILES string of the molecule is COc1ccc(C)cc1S(=O)(=O)Nc1ccc(NC2CC2)cn1. The summed E-state index contributed by atoms with van der Waals surface area (Å²) in [5.74, 6) is 0.574. The van der Waals surface area contributed by atoms with Gasteiger partial charge in [0.1, 0.15) is 16.5 Å². The number of sulfonamides is 1. The van der Waals surface area contributed by atoms with Crippen LogP contribution in [-0.4, -0.2) is 26.6 Å². The first-order valence-electron chi connectivity index (χ1n) is 7.38. The minimum Gasteiger partial charge on any atom is -0.495 e. The summed E-state index contributed by atoms with van der Waals surface area (Å²) in [6.07, 6.45) is 3.96. The zero-order valence-electron chi connectivity index (χ0n) is 13.0. The molecule has 0 spiro atoms. The van der Waals surface area contributed by atoms with Gasteiger partial charge in [-0.25, -0.2) is 13.4 Å². The molecule has 1 heterocycles. The van der Waals surface area contributed by atoms with Gasteiger partial charge in [0, 0.05) is 6.04 Å². The third-order valence-corrected chi connectivity index (χ3v) is 4.94. The van der Waals surface area contributed by atoms with Gasteiger partial charge >= 0.3 is 0 Å². The van der Waals surface area contributed by atoms with Crippen molar-refractivity contribution in [3.63, 3.8) is 0 Å². The van der Waals surface area contributed by atoms with Gasteiger partial charge in [-0.2, -0.15) is 0 Å². The highest BCUT2D eigenvalue weighted by Crippen LogP contribution is 2.27. The first-order valence-corrected chi connectivity index (χ1v) is 8.86. The van der Waals surface area contributed by atoms with Crippen molar-refractivity contribution in [1.29, 1.82) is 0 Å². The fourth-order valence-electron chi connectivity index (χ4n) is 2.19. The van der Waals surface area contributed by atoms with Crippen LogP contribution < -0.4 is 14.8 Å². The highest BCUT2D eigenvalue weighted by atomic mass is 32.2. The molecule has 122 valence electrons. The number of hydrogen-bond acceptors (Lipinski definition) is 5. The fourth-order valence-corrected chi connectivity index (χ4v) is 3.45. The molecule has 7 heteroatoms. The van der Waals surface area contributed by atoms with Crippen LogP contribution in [0.1, 0.15) is 18.4 Å². The second-order valence-corrected chi connectivity index (χ2v) is 7.26. The smallest absolute Gasteiger partial charge is 0.266 e. The maximum atomic E-state index is 12.6. The topological polar surface area (TPSA) is 80.3 Å². The van der Waals surface area contributed by atoms with E-state index < -0.39 is 10.0 Å². The van der Waals surface area contributed by atoms with Crippen LogP contribution >= 0.6 is 0 Å². The van der Waals surface area contributed by atoms with Gasteiger partial charge in [0.15, 0.2) is 0 Å². The molecule has 1 aliphatic rings. The standard InChI is InChI=1S/C16H19N3O3S/c1-11-3-7-14(22-2)15(9-11)23(20,21)19-16-8-6-13(10-17-16)18-12-4-5-12/h3,6-10,12,18H,4-5H2,1-2H3,(H,17,19). The molecule has 0 saturated heterocycles. The van der Waals surface area contributed by atoms with E-state index in [9.17, 15) is 8.42 Å². The van der Waals surface area contributed by atoms with Crippen molar-refractivity contribution in [2.45, 2.75) is 30.7 Å². The third kappa shape index (κ3) is 3.73. The highest BCUT2D eigenvalue weighted by molar-refractivity contribution is 7.92. The van der Waals surface area contributed by atoms with E-state index in [0.717, 1.165) is 11.3 Å². The van der Waals surface area contributed by atoms with Crippen LogP contribution in [0.25, 0.3) is 0 Å². The molecule has 1 saturated carbocycles. The number of hydrogen-bond donors (Lipinski definition) is 2. The van der Waals surface area contributed by atoms with E-state index in [4.69, 9.17) is 4.74 Å². The molecule has 0 bridgehead atoms. The maximum Gasteiger partial charge on any atom is 0.266 e. The van der Waals surface area contributed by atoms with E-state index in [1.165, 1.54) is 20.0 Å². The van der Waals surface area contributed by atoms with Crippen LogP contribution in [0.15, 0.2) is 41.4 Å². The molecule has 23 heavy (non-hydrogen) atoms. The summed E-state index contributed by atoms with van der Waals surface area (Å²) in [6.45, 7) is 1.83. The molecule has 3 rings (SSSR count). The first-order chi connectivity index (χ1) is 11.0. The van der Waals surface area contributed by atoms with Crippen LogP contribution in [0.5, 0.6) is 5.75 Å². The molecule has 1 aromatic carbocycles. The summed E-state index contributed by atoms with van der Waals surface area (Å²) in [5.41, 5.74) is 1.73. The molecule has 0 aliphatic heterocycles. The molecule has 1 aliphatic carbocycles. The Labute approximate surface area is 136 Å². The lowest BCUT2D eigenvalue weighted by atomic mass is 10.2. The summed E-state index contributed by atoms with van der Waals surface area (Å²) in [6, 6.07) is 9.00. The molecule has 0 amide bonds. The van der Waals surface area contributed by atoms with Crippen LogP contribution in [0.3, 0.4) is 0 Å². The number of benzene rings is 1. The van der Waals surface area contributed by atoms with Crippen molar-refractivity contribution in [3.05, 3.63) is 42.1 Å². The van der Waals surface area contributed by atoms with Crippen molar-refractivity contribution in [2.75, 3.05) is 17.1 Å². The van der Waals surface area contributed by atoms with Gasteiger partial charge in [-0.1, -0.05) is 6.07 Å². The number of aryl methyl sites for hydroxylation is 1. The predicted molar refractivity (Wildman–Crippen MR) is 89.4 cm³/mol. The van der Waals surface area contributed by atoms with Gasteiger partial charge in [0.2, 0.25) is 0 Å². The highest BCUT2D eigenvalue weighted by Gasteiger charge is 2.22. The molecule has 2 aromatic rings. The minimum absolute atomic E-state index is 0.0991. The number of methoxy groups -OCH3 is 1. The molecular formula is C16H19N3O3S. The van der Waals surface area contributed by atoms with Crippen LogP contribution in [0, 0.1) is 6.92 Å². The van der Waals surface area contributed by atoms with Crippen LogP contribution in [0.2, 0.25) is 0 Å². The average molecular weight is 333 g/mol. The third-order valence-electron chi connectivity index (χ3n) is 3.56. The maximum absolute atomic E-state index is 12.6. The zero-order valence-corrected chi connectivity index (χ0v) is 13.9. The van der Waals surface area contributed by atoms with Gasteiger partial charge in [0.25, 0.3) is 10.0 Å². The van der Waals surface area contributed by atoms with Crippen LogP contribution in [0.4, 0.5) is 11.5 Å². The van der Waals surface area contributed by atoms with Gasteiger partial charge in [-0.05, 0) is 49.6 Å². The second kappa shape index (κ2) is 6.08. The number of nitrogens with zero attached hydrogens (tertiary/aromatic N) is 1. The normalized spacial score (nSPS) is 14.3. The van der Waals surface area contributed by atoms with Gasteiger partial charge in [0.05, 0.1) is 19.0 Å². The molecule has 0 unspecified atom stereocenters. The Hall–Kier alpha value is -2.28. The molecule has 6 nitrogen and oxygen atoms in total. The second-order valence-electron chi connectivity index (χ2n) is 5.61. The molecule has 0 atom stereocenters. The number of aromatic nitrogens is 1.